The molecule has 0 spiro atoms. The van der Waals surface area contributed by atoms with E-state index in [4.69, 9.17) is 9.72 Å². The lowest BCUT2D eigenvalue weighted by Gasteiger charge is -2.08. The number of hydrogen-bond donors (Lipinski definition) is 1. The fourth-order valence-electron chi connectivity index (χ4n) is 3.35. The molecule has 5 rings (SSSR count). The number of nitrogens with zero attached hydrogens (tertiary/aromatic N) is 4. The van der Waals surface area contributed by atoms with Gasteiger partial charge in [-0.05, 0) is 48.5 Å². The number of para-hydroxylation sites is 1. The minimum Gasteiger partial charge on any atom is -0.497 e. The van der Waals surface area contributed by atoms with E-state index in [1.165, 1.54) is 0 Å². The molecule has 5 aromatic rings. The van der Waals surface area contributed by atoms with Crippen LogP contribution in [0.5, 0.6) is 5.75 Å². The van der Waals surface area contributed by atoms with Gasteiger partial charge < -0.3 is 10.1 Å². The molecule has 0 saturated carbocycles. The summed E-state index contributed by atoms with van der Waals surface area (Å²) < 4.78 is 6.97. The Bertz CT molecular complexity index is 1380. The number of methoxy groups -OCH3 is 1. The number of carbonyl (C=O) groups excluding carboxylic acids is 1. The molecule has 0 saturated heterocycles. The molecule has 32 heavy (non-hydrogen) atoms. The molecule has 2 heterocycles. The first-order valence-electron chi connectivity index (χ1n) is 10.0. The van der Waals surface area contributed by atoms with Crippen molar-refractivity contribution in [1.29, 1.82) is 0 Å². The lowest BCUT2D eigenvalue weighted by molar-refractivity contribution is 0.102. The number of benzene rings is 3. The van der Waals surface area contributed by atoms with Gasteiger partial charge in [0, 0.05) is 11.1 Å². The first kappa shape index (κ1) is 19.4. The Kier molecular flexibility index (Phi) is 5.05. The van der Waals surface area contributed by atoms with E-state index in [0.717, 1.165) is 17.0 Å². The Morgan fingerprint density at radius 1 is 0.875 bits per heavy atom. The van der Waals surface area contributed by atoms with Gasteiger partial charge in [0.25, 0.3) is 5.91 Å². The predicted molar refractivity (Wildman–Crippen MR) is 123 cm³/mol. The summed E-state index contributed by atoms with van der Waals surface area (Å²) in [5.74, 6) is 1.31. The molecule has 0 aliphatic carbocycles. The zero-order valence-corrected chi connectivity index (χ0v) is 17.3. The topological polar surface area (TPSA) is 81.9 Å². The van der Waals surface area contributed by atoms with Gasteiger partial charge in [0.15, 0.2) is 17.2 Å². The second-order valence-corrected chi connectivity index (χ2v) is 7.09. The highest BCUT2D eigenvalue weighted by molar-refractivity contribution is 6.07. The Balaban J connectivity index is 1.62. The molecule has 0 fully saturated rings. The fourth-order valence-corrected chi connectivity index (χ4v) is 3.35. The number of nitrogens with one attached hydrogen (secondary N) is 1. The maximum atomic E-state index is 12.8. The van der Waals surface area contributed by atoms with Gasteiger partial charge in [0.1, 0.15) is 11.3 Å². The van der Waals surface area contributed by atoms with Gasteiger partial charge in [0.05, 0.1) is 19.0 Å². The SMILES string of the molecule is COc1ccc(-c2nc(NC(=O)c3ccccc3)c3nn(-c4ccccc4)cc3n2)cc1. The minimum absolute atomic E-state index is 0.263. The molecule has 2 aromatic heterocycles. The Labute approximate surface area is 184 Å². The van der Waals surface area contributed by atoms with Gasteiger partial charge in [-0.2, -0.15) is 5.10 Å². The molecule has 0 atom stereocenters. The summed E-state index contributed by atoms with van der Waals surface area (Å²) in [6, 6.07) is 26.2. The highest BCUT2D eigenvalue weighted by Gasteiger charge is 2.17. The van der Waals surface area contributed by atoms with E-state index in [0.29, 0.717) is 28.2 Å². The van der Waals surface area contributed by atoms with E-state index in [1.54, 1.807) is 23.9 Å². The fraction of sp³-hybridized carbons (Fsp3) is 0.0400. The molecule has 1 amide bonds. The van der Waals surface area contributed by atoms with Gasteiger partial charge in [-0.15, -0.1) is 0 Å². The molecule has 7 nitrogen and oxygen atoms in total. The Hall–Kier alpha value is -4.52. The normalized spacial score (nSPS) is 10.8. The summed E-state index contributed by atoms with van der Waals surface area (Å²) in [6.45, 7) is 0. The molecule has 0 radical (unpaired) electrons. The van der Waals surface area contributed by atoms with Crippen LogP contribution in [0.3, 0.4) is 0 Å². The van der Waals surface area contributed by atoms with Crippen LogP contribution >= 0.6 is 0 Å². The van der Waals surface area contributed by atoms with E-state index in [2.05, 4.69) is 15.4 Å². The van der Waals surface area contributed by atoms with E-state index < -0.39 is 0 Å². The summed E-state index contributed by atoms with van der Waals surface area (Å²) in [7, 11) is 1.62. The molecular weight excluding hydrogens is 402 g/mol. The lowest BCUT2D eigenvalue weighted by atomic mass is 10.2. The van der Waals surface area contributed by atoms with Crippen molar-refractivity contribution in [2.24, 2.45) is 0 Å². The van der Waals surface area contributed by atoms with Crippen molar-refractivity contribution in [2.75, 3.05) is 12.4 Å². The second kappa shape index (κ2) is 8.31. The molecule has 0 bridgehead atoms. The van der Waals surface area contributed by atoms with Crippen LogP contribution in [0, 0.1) is 0 Å². The van der Waals surface area contributed by atoms with Crippen LogP contribution < -0.4 is 10.1 Å². The van der Waals surface area contributed by atoms with Crippen LogP contribution in [0.4, 0.5) is 5.82 Å². The van der Waals surface area contributed by atoms with Crippen LogP contribution in [-0.4, -0.2) is 32.8 Å². The van der Waals surface area contributed by atoms with Crippen LogP contribution in [0.2, 0.25) is 0 Å². The minimum atomic E-state index is -0.263. The number of rotatable bonds is 5. The first-order valence-corrected chi connectivity index (χ1v) is 10.0. The number of hydrogen-bond acceptors (Lipinski definition) is 5. The van der Waals surface area contributed by atoms with E-state index >= 15 is 0 Å². The van der Waals surface area contributed by atoms with Crippen LogP contribution in [-0.2, 0) is 0 Å². The summed E-state index contributed by atoms with van der Waals surface area (Å²) in [5, 5.41) is 7.56. The molecule has 0 unspecified atom stereocenters. The van der Waals surface area contributed by atoms with Crippen molar-refractivity contribution in [3.63, 3.8) is 0 Å². The number of fused-ring (bicyclic) bond motifs is 1. The van der Waals surface area contributed by atoms with Crippen molar-refractivity contribution < 1.29 is 9.53 Å². The van der Waals surface area contributed by atoms with Crippen molar-refractivity contribution >= 4 is 22.8 Å². The summed E-state index contributed by atoms with van der Waals surface area (Å²) in [5.41, 5.74) is 3.35. The average Bonchev–Trinajstić information content (AvgIpc) is 3.30. The third-order valence-electron chi connectivity index (χ3n) is 5.00. The quantitative estimate of drug-likeness (QED) is 0.443. The summed E-state index contributed by atoms with van der Waals surface area (Å²) in [4.78, 5) is 22.2. The highest BCUT2D eigenvalue weighted by atomic mass is 16.5. The first-order chi connectivity index (χ1) is 15.7. The third kappa shape index (κ3) is 3.79. The molecular formula is C25H19N5O2. The largest absolute Gasteiger partial charge is 0.497 e. The third-order valence-corrected chi connectivity index (χ3v) is 5.00. The number of aromatic nitrogens is 4. The van der Waals surface area contributed by atoms with Crippen molar-refractivity contribution in [2.45, 2.75) is 0 Å². The number of ether oxygens (including phenoxy) is 1. The van der Waals surface area contributed by atoms with Crippen molar-refractivity contribution in [1.82, 2.24) is 19.7 Å². The molecule has 3 aromatic carbocycles. The second-order valence-electron chi connectivity index (χ2n) is 7.09. The standard InChI is InChI=1S/C25H19N5O2/c1-32-20-14-12-17(13-15-20)23-26-21-16-30(19-10-6-3-7-11-19)29-22(21)24(27-23)28-25(31)18-8-4-2-5-9-18/h2-16H,1H3,(H,26,27,28,31). The van der Waals surface area contributed by atoms with Crippen LogP contribution in [0.15, 0.2) is 91.1 Å². The monoisotopic (exact) mass is 421 g/mol. The number of carbonyl (C=O) groups is 1. The molecule has 1 N–H and O–H groups in total. The lowest BCUT2D eigenvalue weighted by Crippen LogP contribution is -2.14. The van der Waals surface area contributed by atoms with Crippen LogP contribution in [0.25, 0.3) is 28.1 Å². The van der Waals surface area contributed by atoms with E-state index in [9.17, 15) is 4.79 Å². The maximum Gasteiger partial charge on any atom is 0.256 e. The van der Waals surface area contributed by atoms with E-state index in [-0.39, 0.29) is 5.91 Å². The summed E-state index contributed by atoms with van der Waals surface area (Å²) in [6.07, 6.45) is 1.83. The molecule has 7 heteroatoms. The maximum absolute atomic E-state index is 12.8. The highest BCUT2D eigenvalue weighted by Crippen LogP contribution is 2.26. The van der Waals surface area contributed by atoms with Crippen molar-refractivity contribution in [3.05, 3.63) is 96.7 Å². The summed E-state index contributed by atoms with van der Waals surface area (Å²) >= 11 is 0. The van der Waals surface area contributed by atoms with E-state index in [1.807, 2.05) is 79.0 Å². The Morgan fingerprint density at radius 2 is 1.56 bits per heavy atom. The smallest absolute Gasteiger partial charge is 0.256 e. The van der Waals surface area contributed by atoms with Gasteiger partial charge >= 0.3 is 0 Å². The molecule has 156 valence electrons. The predicted octanol–water partition coefficient (Wildman–Crippen LogP) is 4.74. The molecule has 0 aliphatic rings. The van der Waals surface area contributed by atoms with Gasteiger partial charge in [-0.25, -0.2) is 14.6 Å². The zero-order valence-electron chi connectivity index (χ0n) is 17.3. The zero-order chi connectivity index (χ0) is 21.9. The Morgan fingerprint density at radius 3 is 2.25 bits per heavy atom. The number of amides is 1. The van der Waals surface area contributed by atoms with Gasteiger partial charge in [-0.3, -0.25) is 4.79 Å². The van der Waals surface area contributed by atoms with Crippen LogP contribution in [0.1, 0.15) is 10.4 Å². The average molecular weight is 421 g/mol. The number of anilines is 1. The molecule has 0 aliphatic heterocycles. The van der Waals surface area contributed by atoms with Gasteiger partial charge in [-0.1, -0.05) is 36.4 Å². The van der Waals surface area contributed by atoms with Crippen molar-refractivity contribution in [3.8, 4) is 22.8 Å². The van der Waals surface area contributed by atoms with Gasteiger partial charge in [0.2, 0.25) is 0 Å².